The number of carbonyl (C=O) groups is 2. The normalized spacial score (nSPS) is 10.9. The highest BCUT2D eigenvalue weighted by molar-refractivity contribution is 5.97. The molecule has 0 bridgehead atoms. The topological polar surface area (TPSA) is 80.3 Å². The first-order valence-corrected chi connectivity index (χ1v) is 7.05. The molecule has 0 unspecified atom stereocenters. The first-order chi connectivity index (χ1) is 11.0. The van der Waals surface area contributed by atoms with Gasteiger partial charge in [-0.05, 0) is 26.0 Å². The zero-order valence-electron chi connectivity index (χ0n) is 12.8. The maximum absolute atomic E-state index is 11.6. The third-order valence-corrected chi connectivity index (χ3v) is 3.11. The number of furan rings is 1. The van der Waals surface area contributed by atoms with Gasteiger partial charge in [-0.1, -0.05) is 24.3 Å². The second-order valence-electron chi connectivity index (χ2n) is 4.73. The van der Waals surface area contributed by atoms with Crippen LogP contribution in [-0.2, 0) is 9.53 Å². The van der Waals surface area contributed by atoms with Crippen LogP contribution in [0.5, 0.6) is 0 Å². The largest absolute Gasteiger partial charge is 0.462 e. The molecule has 5 nitrogen and oxygen atoms in total. The van der Waals surface area contributed by atoms with E-state index < -0.39 is 5.97 Å². The summed E-state index contributed by atoms with van der Waals surface area (Å²) in [6, 6.07) is 12.2. The molecule has 0 aliphatic carbocycles. The number of rotatable bonds is 5. The SMILES string of the molecule is CCOC(=O)/C(C#N)=C/c1ccc(-c2ccc(C(C)=O)cc2)o1. The van der Waals surface area contributed by atoms with Gasteiger partial charge in [0, 0.05) is 17.2 Å². The Labute approximate surface area is 133 Å². The highest BCUT2D eigenvalue weighted by atomic mass is 16.5. The Hall–Kier alpha value is -3.13. The molecule has 2 rings (SSSR count). The van der Waals surface area contributed by atoms with Crippen LogP contribution in [0.15, 0.2) is 46.4 Å². The quantitative estimate of drug-likeness (QED) is 0.365. The van der Waals surface area contributed by atoms with E-state index in [2.05, 4.69) is 0 Å². The molecule has 0 aliphatic heterocycles. The number of hydrogen-bond donors (Lipinski definition) is 0. The molecule has 0 saturated heterocycles. The van der Waals surface area contributed by atoms with Crippen molar-refractivity contribution in [3.8, 4) is 17.4 Å². The highest BCUT2D eigenvalue weighted by Crippen LogP contribution is 2.24. The van der Waals surface area contributed by atoms with Crippen LogP contribution in [0.1, 0.15) is 30.0 Å². The van der Waals surface area contributed by atoms with Crippen LogP contribution in [0.3, 0.4) is 0 Å². The van der Waals surface area contributed by atoms with Crippen molar-refractivity contribution in [2.75, 3.05) is 6.61 Å². The zero-order chi connectivity index (χ0) is 16.8. The van der Waals surface area contributed by atoms with E-state index in [1.807, 2.05) is 0 Å². The summed E-state index contributed by atoms with van der Waals surface area (Å²) in [5.41, 5.74) is 1.29. The van der Waals surface area contributed by atoms with Gasteiger partial charge < -0.3 is 9.15 Å². The number of ketones is 1. The summed E-state index contributed by atoms with van der Waals surface area (Å²) in [7, 11) is 0. The van der Waals surface area contributed by atoms with Gasteiger partial charge in [-0.15, -0.1) is 0 Å². The Balaban J connectivity index is 2.25. The van der Waals surface area contributed by atoms with Gasteiger partial charge in [0.2, 0.25) is 0 Å². The molecule has 1 aromatic heterocycles. The lowest BCUT2D eigenvalue weighted by atomic mass is 10.1. The number of benzene rings is 1. The van der Waals surface area contributed by atoms with Crippen molar-refractivity contribution in [1.29, 1.82) is 5.26 Å². The van der Waals surface area contributed by atoms with Crippen molar-refractivity contribution in [2.24, 2.45) is 0 Å². The van der Waals surface area contributed by atoms with Gasteiger partial charge in [0.1, 0.15) is 23.2 Å². The Morgan fingerprint density at radius 1 is 1.22 bits per heavy atom. The highest BCUT2D eigenvalue weighted by Gasteiger charge is 2.12. The molecule has 0 atom stereocenters. The van der Waals surface area contributed by atoms with Gasteiger partial charge in [-0.25, -0.2) is 4.79 Å². The van der Waals surface area contributed by atoms with Crippen molar-refractivity contribution in [1.82, 2.24) is 0 Å². The maximum atomic E-state index is 11.6. The number of nitrogens with zero attached hydrogens (tertiary/aromatic N) is 1. The van der Waals surface area contributed by atoms with Crippen molar-refractivity contribution < 1.29 is 18.7 Å². The van der Waals surface area contributed by atoms with Crippen molar-refractivity contribution in [3.63, 3.8) is 0 Å². The van der Waals surface area contributed by atoms with Crippen LogP contribution < -0.4 is 0 Å². The predicted octanol–water partition coefficient (Wildman–Crippen LogP) is 3.62. The smallest absolute Gasteiger partial charge is 0.349 e. The van der Waals surface area contributed by atoms with Gasteiger partial charge in [0.05, 0.1) is 6.61 Å². The first kappa shape index (κ1) is 16.2. The van der Waals surface area contributed by atoms with Gasteiger partial charge in [-0.3, -0.25) is 4.79 Å². The number of nitriles is 1. The molecule has 0 radical (unpaired) electrons. The van der Waals surface area contributed by atoms with Crippen LogP contribution in [0.25, 0.3) is 17.4 Å². The lowest BCUT2D eigenvalue weighted by Gasteiger charge is -1.99. The van der Waals surface area contributed by atoms with E-state index in [0.29, 0.717) is 17.1 Å². The van der Waals surface area contributed by atoms with E-state index in [1.165, 1.54) is 13.0 Å². The molecular formula is C18H15NO4. The van der Waals surface area contributed by atoms with E-state index in [0.717, 1.165) is 5.56 Å². The Kier molecular flexibility index (Phi) is 5.11. The van der Waals surface area contributed by atoms with E-state index in [1.54, 1.807) is 49.4 Å². The summed E-state index contributed by atoms with van der Waals surface area (Å²) in [5, 5.41) is 9.00. The summed E-state index contributed by atoms with van der Waals surface area (Å²) in [5.74, 6) is 0.263. The van der Waals surface area contributed by atoms with Crippen LogP contribution in [0, 0.1) is 11.3 Å². The average Bonchev–Trinajstić information content (AvgIpc) is 3.01. The monoisotopic (exact) mass is 309 g/mol. The molecular weight excluding hydrogens is 294 g/mol. The van der Waals surface area contributed by atoms with Crippen molar-refractivity contribution >= 4 is 17.8 Å². The lowest BCUT2D eigenvalue weighted by molar-refractivity contribution is -0.137. The lowest BCUT2D eigenvalue weighted by Crippen LogP contribution is -2.05. The van der Waals surface area contributed by atoms with Gasteiger partial charge in [-0.2, -0.15) is 5.26 Å². The van der Waals surface area contributed by atoms with Crippen LogP contribution in [0.4, 0.5) is 0 Å². The number of esters is 1. The standard InChI is InChI=1S/C18H15NO4/c1-3-22-18(21)15(11-19)10-16-8-9-17(23-16)14-6-4-13(5-7-14)12(2)20/h4-10H,3H2,1-2H3/b15-10+. The molecule has 0 amide bonds. The van der Waals surface area contributed by atoms with Crippen molar-refractivity contribution in [3.05, 3.63) is 53.3 Å². The molecule has 116 valence electrons. The minimum absolute atomic E-state index is 0.00674. The third-order valence-electron chi connectivity index (χ3n) is 3.11. The van der Waals surface area contributed by atoms with E-state index in [-0.39, 0.29) is 18.0 Å². The molecule has 0 aliphatic rings. The molecule has 2 aromatic rings. The minimum atomic E-state index is -0.682. The Morgan fingerprint density at radius 3 is 2.48 bits per heavy atom. The molecule has 0 N–H and O–H groups in total. The third kappa shape index (κ3) is 3.95. The summed E-state index contributed by atoms with van der Waals surface area (Å²) >= 11 is 0. The number of carbonyl (C=O) groups excluding carboxylic acids is 2. The molecule has 23 heavy (non-hydrogen) atoms. The van der Waals surface area contributed by atoms with E-state index >= 15 is 0 Å². The number of ether oxygens (including phenoxy) is 1. The van der Waals surface area contributed by atoms with E-state index in [4.69, 9.17) is 14.4 Å². The average molecular weight is 309 g/mol. The molecule has 0 spiro atoms. The molecule has 0 saturated carbocycles. The van der Waals surface area contributed by atoms with Crippen molar-refractivity contribution in [2.45, 2.75) is 13.8 Å². The fourth-order valence-corrected chi connectivity index (χ4v) is 1.94. The summed E-state index contributed by atoms with van der Waals surface area (Å²) in [4.78, 5) is 22.8. The summed E-state index contributed by atoms with van der Waals surface area (Å²) in [6.07, 6.45) is 1.34. The molecule has 0 fully saturated rings. The fourth-order valence-electron chi connectivity index (χ4n) is 1.94. The molecule has 1 heterocycles. The second-order valence-corrected chi connectivity index (χ2v) is 4.73. The van der Waals surface area contributed by atoms with Crippen LogP contribution >= 0.6 is 0 Å². The molecule has 1 aromatic carbocycles. The first-order valence-electron chi connectivity index (χ1n) is 7.05. The van der Waals surface area contributed by atoms with Crippen LogP contribution in [-0.4, -0.2) is 18.4 Å². The van der Waals surface area contributed by atoms with Gasteiger partial charge >= 0.3 is 5.97 Å². The molecule has 5 heteroatoms. The Bertz CT molecular complexity index is 791. The second kappa shape index (κ2) is 7.23. The number of Topliss-reactive ketones (excluding diaryl/α,β-unsaturated/α-hetero) is 1. The van der Waals surface area contributed by atoms with E-state index in [9.17, 15) is 9.59 Å². The predicted molar refractivity (Wildman–Crippen MR) is 84.4 cm³/mol. The number of hydrogen-bond acceptors (Lipinski definition) is 5. The Morgan fingerprint density at radius 2 is 1.91 bits per heavy atom. The van der Waals surface area contributed by atoms with Crippen LogP contribution in [0.2, 0.25) is 0 Å². The minimum Gasteiger partial charge on any atom is -0.462 e. The van der Waals surface area contributed by atoms with Gasteiger partial charge in [0.25, 0.3) is 0 Å². The summed E-state index contributed by atoms with van der Waals surface area (Å²) in [6.45, 7) is 3.37. The zero-order valence-corrected chi connectivity index (χ0v) is 12.8. The fraction of sp³-hybridized carbons (Fsp3) is 0.167. The summed E-state index contributed by atoms with van der Waals surface area (Å²) < 4.78 is 10.4. The maximum Gasteiger partial charge on any atom is 0.349 e. The van der Waals surface area contributed by atoms with Gasteiger partial charge in [0.15, 0.2) is 5.78 Å².